The van der Waals surface area contributed by atoms with Crippen LogP contribution in [0.25, 0.3) is 0 Å². The summed E-state index contributed by atoms with van der Waals surface area (Å²) in [6.07, 6.45) is 0. The monoisotopic (exact) mass is 342 g/mol. The van der Waals surface area contributed by atoms with Gasteiger partial charge in [-0.1, -0.05) is 11.6 Å². The van der Waals surface area contributed by atoms with Crippen LogP contribution in [-0.2, 0) is 0 Å². The summed E-state index contributed by atoms with van der Waals surface area (Å²) in [6.45, 7) is 0. The summed E-state index contributed by atoms with van der Waals surface area (Å²) in [6, 6.07) is 9.11. The van der Waals surface area contributed by atoms with Gasteiger partial charge in [-0.2, -0.15) is 0 Å². The highest BCUT2D eigenvalue weighted by atomic mass is 79.9. The molecule has 0 saturated heterocycles. The minimum Gasteiger partial charge on any atom is -0.457 e. The molecule has 0 aliphatic rings. The number of benzene rings is 2. The molecule has 0 bridgehead atoms. The van der Waals surface area contributed by atoms with Crippen LogP contribution in [0.4, 0.5) is 4.39 Å². The van der Waals surface area contributed by atoms with E-state index in [0.717, 1.165) is 0 Å². The van der Waals surface area contributed by atoms with Crippen molar-refractivity contribution in [3.05, 3.63) is 57.3 Å². The van der Waals surface area contributed by atoms with Crippen molar-refractivity contribution >= 4 is 33.4 Å². The highest BCUT2D eigenvalue weighted by Crippen LogP contribution is 2.29. The molecule has 2 aromatic rings. The van der Waals surface area contributed by atoms with Crippen LogP contribution in [0.5, 0.6) is 11.5 Å². The fraction of sp³-hybridized carbons (Fsp3) is 0. The second-order valence-electron chi connectivity index (χ2n) is 3.73. The van der Waals surface area contributed by atoms with Gasteiger partial charge in [-0.15, -0.1) is 0 Å². The standard InChI is InChI=1S/C13H9BrClFN2O/c14-10-5-7(1-3-9(10)13(17)18)19-8-2-4-12(16)11(15)6-8/h1-6H,(H3,17,18). The van der Waals surface area contributed by atoms with Gasteiger partial charge in [0.25, 0.3) is 0 Å². The summed E-state index contributed by atoms with van der Waals surface area (Å²) in [5, 5.41) is 7.36. The van der Waals surface area contributed by atoms with Gasteiger partial charge in [-0.3, -0.25) is 5.41 Å². The molecule has 0 aromatic heterocycles. The molecule has 0 atom stereocenters. The van der Waals surface area contributed by atoms with Gasteiger partial charge in [-0.25, -0.2) is 4.39 Å². The highest BCUT2D eigenvalue weighted by molar-refractivity contribution is 9.10. The molecule has 6 heteroatoms. The summed E-state index contributed by atoms with van der Waals surface area (Å²) in [4.78, 5) is 0. The Morgan fingerprint density at radius 3 is 2.42 bits per heavy atom. The van der Waals surface area contributed by atoms with Crippen LogP contribution in [0.1, 0.15) is 5.56 Å². The van der Waals surface area contributed by atoms with Crippen molar-refractivity contribution in [1.82, 2.24) is 0 Å². The molecule has 0 aliphatic carbocycles. The van der Waals surface area contributed by atoms with Crippen molar-refractivity contribution in [2.45, 2.75) is 0 Å². The average Bonchev–Trinajstić information content (AvgIpc) is 2.33. The number of amidine groups is 1. The van der Waals surface area contributed by atoms with Crippen molar-refractivity contribution < 1.29 is 9.13 Å². The SMILES string of the molecule is N=C(N)c1ccc(Oc2ccc(F)c(Cl)c2)cc1Br. The van der Waals surface area contributed by atoms with E-state index in [4.69, 9.17) is 27.5 Å². The maximum absolute atomic E-state index is 13.0. The van der Waals surface area contributed by atoms with E-state index < -0.39 is 5.82 Å². The van der Waals surface area contributed by atoms with Gasteiger partial charge >= 0.3 is 0 Å². The zero-order chi connectivity index (χ0) is 14.0. The third kappa shape index (κ3) is 3.24. The molecule has 2 aromatic carbocycles. The van der Waals surface area contributed by atoms with E-state index in [0.29, 0.717) is 21.5 Å². The lowest BCUT2D eigenvalue weighted by Gasteiger charge is -2.08. The number of nitrogens with one attached hydrogen (secondary N) is 1. The quantitative estimate of drug-likeness (QED) is 0.644. The molecule has 0 spiro atoms. The lowest BCUT2D eigenvalue weighted by Crippen LogP contribution is -2.11. The van der Waals surface area contributed by atoms with Gasteiger partial charge < -0.3 is 10.5 Å². The largest absolute Gasteiger partial charge is 0.457 e. The zero-order valence-corrected chi connectivity index (χ0v) is 11.9. The molecule has 0 amide bonds. The predicted octanol–water partition coefficient (Wildman–Crippen LogP) is 4.32. The minimum absolute atomic E-state index is 0.00285. The second-order valence-corrected chi connectivity index (χ2v) is 4.99. The van der Waals surface area contributed by atoms with Crippen LogP contribution in [0.15, 0.2) is 40.9 Å². The summed E-state index contributed by atoms with van der Waals surface area (Å²) >= 11 is 8.97. The Kier molecular flexibility index (Phi) is 4.07. The second kappa shape index (κ2) is 5.59. The number of nitrogens with two attached hydrogens (primary N) is 1. The van der Waals surface area contributed by atoms with Gasteiger partial charge in [0.15, 0.2) is 0 Å². The number of hydrogen-bond donors (Lipinski definition) is 2. The van der Waals surface area contributed by atoms with Gasteiger partial charge in [0.2, 0.25) is 0 Å². The molecular formula is C13H9BrClFN2O. The van der Waals surface area contributed by atoms with Crippen molar-refractivity contribution in [3.63, 3.8) is 0 Å². The highest BCUT2D eigenvalue weighted by Gasteiger charge is 2.07. The molecule has 3 nitrogen and oxygen atoms in total. The summed E-state index contributed by atoms with van der Waals surface area (Å²) in [7, 11) is 0. The number of ether oxygens (including phenoxy) is 1. The van der Waals surface area contributed by atoms with E-state index in [1.54, 1.807) is 18.2 Å². The van der Waals surface area contributed by atoms with Crippen LogP contribution in [0.3, 0.4) is 0 Å². The number of halogens is 3. The van der Waals surface area contributed by atoms with Crippen LogP contribution < -0.4 is 10.5 Å². The van der Waals surface area contributed by atoms with E-state index in [9.17, 15) is 4.39 Å². The Morgan fingerprint density at radius 1 is 1.21 bits per heavy atom. The van der Waals surface area contributed by atoms with Gasteiger partial charge in [-0.05, 0) is 46.3 Å². The van der Waals surface area contributed by atoms with Crippen LogP contribution in [-0.4, -0.2) is 5.84 Å². The third-order valence-corrected chi connectivity index (χ3v) is 3.30. The first-order valence-electron chi connectivity index (χ1n) is 5.24. The van der Waals surface area contributed by atoms with Crippen LogP contribution in [0.2, 0.25) is 5.02 Å². The first kappa shape index (κ1) is 13.8. The lowest BCUT2D eigenvalue weighted by atomic mass is 10.2. The van der Waals surface area contributed by atoms with E-state index in [1.165, 1.54) is 18.2 Å². The summed E-state index contributed by atoms with van der Waals surface area (Å²) < 4.78 is 19.2. The Hall–Kier alpha value is -1.59. The maximum Gasteiger partial charge on any atom is 0.142 e. The molecule has 0 radical (unpaired) electrons. The van der Waals surface area contributed by atoms with Crippen LogP contribution >= 0.6 is 27.5 Å². The lowest BCUT2D eigenvalue weighted by molar-refractivity contribution is 0.480. The first-order chi connectivity index (χ1) is 8.97. The number of rotatable bonds is 3. The molecular weight excluding hydrogens is 335 g/mol. The molecule has 98 valence electrons. The van der Waals surface area contributed by atoms with Gasteiger partial charge in [0, 0.05) is 16.1 Å². The van der Waals surface area contributed by atoms with Gasteiger partial charge in [0.1, 0.15) is 23.2 Å². The first-order valence-corrected chi connectivity index (χ1v) is 6.41. The van der Waals surface area contributed by atoms with Crippen molar-refractivity contribution in [3.8, 4) is 11.5 Å². The molecule has 3 N–H and O–H groups in total. The topological polar surface area (TPSA) is 59.1 Å². The van der Waals surface area contributed by atoms with Crippen LogP contribution in [0, 0.1) is 11.2 Å². The normalized spacial score (nSPS) is 10.3. The number of hydrogen-bond acceptors (Lipinski definition) is 2. The van der Waals surface area contributed by atoms with Crippen molar-refractivity contribution in [1.29, 1.82) is 5.41 Å². The van der Waals surface area contributed by atoms with E-state index in [2.05, 4.69) is 15.9 Å². The van der Waals surface area contributed by atoms with E-state index >= 15 is 0 Å². The fourth-order valence-corrected chi connectivity index (χ4v) is 2.20. The molecule has 19 heavy (non-hydrogen) atoms. The van der Waals surface area contributed by atoms with E-state index in [-0.39, 0.29) is 10.9 Å². The summed E-state index contributed by atoms with van der Waals surface area (Å²) in [5.41, 5.74) is 5.98. The Balaban J connectivity index is 2.26. The average molecular weight is 344 g/mol. The molecule has 0 heterocycles. The molecule has 0 fully saturated rings. The molecule has 0 unspecified atom stereocenters. The zero-order valence-electron chi connectivity index (χ0n) is 9.58. The molecule has 2 rings (SSSR count). The van der Waals surface area contributed by atoms with Crippen molar-refractivity contribution in [2.24, 2.45) is 5.73 Å². The molecule has 0 saturated carbocycles. The number of nitrogen functional groups attached to an aromatic ring is 1. The van der Waals surface area contributed by atoms with Gasteiger partial charge in [0.05, 0.1) is 5.02 Å². The molecule has 0 aliphatic heterocycles. The van der Waals surface area contributed by atoms with Crippen molar-refractivity contribution in [2.75, 3.05) is 0 Å². The Morgan fingerprint density at radius 2 is 1.84 bits per heavy atom. The Bertz CT molecular complexity index is 649. The fourth-order valence-electron chi connectivity index (χ4n) is 1.45. The third-order valence-electron chi connectivity index (χ3n) is 2.36. The Labute approximate surface area is 122 Å². The maximum atomic E-state index is 13.0. The predicted molar refractivity (Wildman–Crippen MR) is 76.6 cm³/mol. The summed E-state index contributed by atoms with van der Waals surface area (Å²) in [5.74, 6) is 0.416. The minimum atomic E-state index is -0.498. The van der Waals surface area contributed by atoms with E-state index in [1.807, 2.05) is 0 Å². The smallest absolute Gasteiger partial charge is 0.142 e.